The van der Waals surface area contributed by atoms with E-state index in [1.807, 2.05) is 13.8 Å². The second kappa shape index (κ2) is 14.4. The number of phenols is 2. The minimum absolute atomic E-state index is 0.0485. The number of ether oxygens (including phenoxy) is 4. The summed E-state index contributed by atoms with van der Waals surface area (Å²) < 4.78 is 21.0. The van der Waals surface area contributed by atoms with Crippen molar-refractivity contribution in [3.05, 3.63) is 47.5 Å². The molecule has 46 heavy (non-hydrogen) atoms. The number of carbonyl (C=O) groups is 2. The van der Waals surface area contributed by atoms with E-state index in [-0.39, 0.29) is 34.8 Å². The Morgan fingerprint density at radius 1 is 0.630 bits per heavy atom. The van der Waals surface area contributed by atoms with Crippen molar-refractivity contribution in [1.29, 1.82) is 0 Å². The molecule has 0 unspecified atom stereocenters. The molecule has 2 heterocycles. The summed E-state index contributed by atoms with van der Waals surface area (Å²) >= 11 is 0. The second-order valence-electron chi connectivity index (χ2n) is 11.7. The quantitative estimate of drug-likeness (QED) is 0.135. The predicted octanol–water partition coefficient (Wildman–Crippen LogP) is -1.30. The summed E-state index contributed by atoms with van der Waals surface area (Å²) in [6.45, 7) is 3.96. The largest absolute Gasteiger partial charge is 0.504 e. The Hall–Kier alpha value is -3.74. The van der Waals surface area contributed by atoms with Crippen LogP contribution in [0.3, 0.4) is 0 Å². The van der Waals surface area contributed by atoms with Gasteiger partial charge in [0.1, 0.15) is 36.6 Å². The number of aliphatic hydroxyl groups excluding tert-OH is 6. The van der Waals surface area contributed by atoms with Gasteiger partial charge >= 0.3 is 11.9 Å². The number of aliphatic hydroxyl groups is 6. The highest BCUT2D eigenvalue weighted by atomic mass is 16.7. The molecule has 0 aliphatic carbocycles. The van der Waals surface area contributed by atoms with Crippen molar-refractivity contribution < 1.29 is 79.6 Å². The summed E-state index contributed by atoms with van der Waals surface area (Å²) in [5.74, 6) is -3.99. The van der Waals surface area contributed by atoms with Crippen molar-refractivity contribution in [1.82, 2.24) is 0 Å². The van der Waals surface area contributed by atoms with Crippen LogP contribution in [0.5, 0.6) is 23.0 Å². The van der Waals surface area contributed by atoms with Crippen LogP contribution in [-0.4, -0.2) is 124 Å². The Morgan fingerprint density at radius 3 is 1.28 bits per heavy atom. The molecule has 2 aliphatic heterocycles. The van der Waals surface area contributed by atoms with Gasteiger partial charge in [-0.05, 0) is 60.1 Å². The fraction of sp³-hybridized carbons (Fsp3) is 0.533. The number of hydrogen-bond acceptors (Lipinski definition) is 14. The number of carboxylic acids is 2. The molecule has 10 N–H and O–H groups in total. The van der Waals surface area contributed by atoms with Gasteiger partial charge in [-0.2, -0.15) is 0 Å². The highest BCUT2D eigenvalue weighted by Crippen LogP contribution is 2.35. The Kier molecular flexibility index (Phi) is 11.0. The Labute approximate surface area is 262 Å². The number of rotatable bonds is 11. The van der Waals surface area contributed by atoms with E-state index in [1.54, 1.807) is 12.1 Å². The summed E-state index contributed by atoms with van der Waals surface area (Å²) in [6, 6.07) is 8.95. The monoisotopic (exact) mass is 654 g/mol. The number of aliphatic carboxylic acids is 2. The van der Waals surface area contributed by atoms with Crippen molar-refractivity contribution in [2.24, 2.45) is 11.8 Å². The van der Waals surface area contributed by atoms with E-state index < -0.39 is 73.4 Å². The van der Waals surface area contributed by atoms with Gasteiger partial charge in [-0.3, -0.25) is 0 Å². The topological polar surface area (TPSA) is 273 Å². The first-order valence-electron chi connectivity index (χ1n) is 14.4. The van der Waals surface area contributed by atoms with Crippen LogP contribution in [0.2, 0.25) is 0 Å². The molecule has 0 saturated carbocycles. The summed E-state index contributed by atoms with van der Waals surface area (Å²) in [6.07, 6.45) is -17.1. The van der Waals surface area contributed by atoms with Gasteiger partial charge in [-0.25, -0.2) is 9.59 Å². The molecule has 4 rings (SSSR count). The number of phenolic OH excluding ortho intramolecular Hbond substituents is 2. The highest BCUT2D eigenvalue weighted by molar-refractivity contribution is 5.74. The van der Waals surface area contributed by atoms with Crippen molar-refractivity contribution in [3.63, 3.8) is 0 Å². The fourth-order valence-corrected chi connectivity index (χ4v) is 5.27. The number of aromatic hydroxyl groups is 2. The molecule has 0 spiro atoms. The van der Waals surface area contributed by atoms with Gasteiger partial charge in [0, 0.05) is 0 Å². The third kappa shape index (κ3) is 7.62. The lowest BCUT2D eigenvalue weighted by Crippen LogP contribution is -2.61. The van der Waals surface area contributed by atoms with Crippen LogP contribution in [0.15, 0.2) is 36.4 Å². The lowest BCUT2D eigenvalue weighted by atomic mass is 9.85. The molecule has 16 nitrogen and oxygen atoms in total. The number of benzene rings is 2. The molecule has 0 bridgehead atoms. The zero-order valence-electron chi connectivity index (χ0n) is 24.7. The minimum Gasteiger partial charge on any atom is -0.504 e. The predicted molar refractivity (Wildman–Crippen MR) is 152 cm³/mol. The maximum absolute atomic E-state index is 11.3. The maximum Gasteiger partial charge on any atom is 0.335 e. The van der Waals surface area contributed by atoms with Crippen LogP contribution in [0, 0.1) is 11.8 Å². The van der Waals surface area contributed by atoms with Gasteiger partial charge in [0.05, 0.1) is 0 Å². The lowest BCUT2D eigenvalue weighted by Gasteiger charge is -2.38. The van der Waals surface area contributed by atoms with Crippen molar-refractivity contribution >= 4 is 11.9 Å². The van der Waals surface area contributed by atoms with Gasteiger partial charge < -0.3 is 70.0 Å². The standard InChI is InChI=1S/C30H38O16/c1-11(7-13-3-5-17(15(31)9-13)43-29-23(37)19(33)21(35)25(45-29)27(39)40)12(2)8-14-4-6-18(16(32)10-14)44-30-24(38)20(34)22(36)26(46-30)28(41)42/h3-6,9-12,19-26,29-38H,7-8H2,1-2H3,(H,39,40)(H,41,42)/t11-,12+,19-,20+,21-,22+,23+,24-,25-,26+,29+,30-. The molecular formula is C30H38O16. The first kappa shape index (κ1) is 35.1. The Morgan fingerprint density at radius 2 is 0.978 bits per heavy atom. The SMILES string of the molecule is C[C@H](Cc1ccc(O[C@H]2O[C@@H](C(=O)O)[C@H](O)[C@@H](O)[C@@H]2O)c(O)c1)[C@@H](C)Cc1ccc(O[C@@H]2O[C@H](C(=O)O)[C@@H](O)[C@H](O)[C@H]2O)c(O)c1. The van der Waals surface area contributed by atoms with Crippen molar-refractivity contribution in [2.75, 3.05) is 0 Å². The summed E-state index contributed by atoms with van der Waals surface area (Å²) in [4.78, 5) is 22.6. The third-order valence-electron chi connectivity index (χ3n) is 8.25. The van der Waals surface area contributed by atoms with E-state index in [0.717, 1.165) is 11.1 Å². The first-order valence-corrected chi connectivity index (χ1v) is 14.4. The van der Waals surface area contributed by atoms with Crippen LogP contribution in [-0.2, 0) is 31.9 Å². The average Bonchev–Trinajstić information content (AvgIpc) is 2.99. The van der Waals surface area contributed by atoms with Crippen molar-refractivity contribution in [2.45, 2.75) is 88.1 Å². The molecule has 2 aromatic carbocycles. The van der Waals surface area contributed by atoms with Gasteiger partial charge in [-0.15, -0.1) is 0 Å². The van der Waals surface area contributed by atoms with E-state index in [9.17, 15) is 60.7 Å². The van der Waals surface area contributed by atoms with Crippen LogP contribution >= 0.6 is 0 Å². The van der Waals surface area contributed by atoms with Gasteiger partial charge in [0.15, 0.2) is 35.2 Å². The maximum atomic E-state index is 11.3. The second-order valence-corrected chi connectivity index (χ2v) is 11.7. The van der Waals surface area contributed by atoms with E-state index >= 15 is 0 Å². The first-order chi connectivity index (χ1) is 21.6. The number of hydrogen-bond donors (Lipinski definition) is 10. The fourth-order valence-electron chi connectivity index (χ4n) is 5.27. The van der Waals surface area contributed by atoms with Crippen LogP contribution < -0.4 is 9.47 Å². The molecule has 2 fully saturated rings. The van der Waals surface area contributed by atoms with E-state index in [0.29, 0.717) is 12.8 Å². The third-order valence-corrected chi connectivity index (χ3v) is 8.25. The lowest BCUT2D eigenvalue weighted by molar-refractivity contribution is -0.271. The molecule has 0 aromatic heterocycles. The van der Waals surface area contributed by atoms with E-state index in [1.165, 1.54) is 24.3 Å². The Bertz CT molecular complexity index is 1280. The molecule has 2 aromatic rings. The summed E-state index contributed by atoms with van der Waals surface area (Å²) in [7, 11) is 0. The van der Waals surface area contributed by atoms with Crippen LogP contribution in [0.1, 0.15) is 25.0 Å². The molecule has 16 heteroatoms. The minimum atomic E-state index is -1.88. The zero-order valence-corrected chi connectivity index (χ0v) is 24.7. The molecule has 2 saturated heterocycles. The molecular weight excluding hydrogens is 616 g/mol. The summed E-state index contributed by atoms with van der Waals surface area (Å²) in [5.41, 5.74) is 1.44. The van der Waals surface area contributed by atoms with Crippen molar-refractivity contribution in [3.8, 4) is 23.0 Å². The molecule has 0 amide bonds. The smallest absolute Gasteiger partial charge is 0.335 e. The van der Waals surface area contributed by atoms with Gasteiger partial charge in [-0.1, -0.05) is 26.0 Å². The van der Waals surface area contributed by atoms with E-state index in [2.05, 4.69) is 0 Å². The average molecular weight is 655 g/mol. The van der Waals surface area contributed by atoms with Gasteiger partial charge in [0.25, 0.3) is 0 Å². The zero-order chi connectivity index (χ0) is 34.0. The van der Waals surface area contributed by atoms with Crippen LogP contribution in [0.25, 0.3) is 0 Å². The normalized spacial score (nSPS) is 32.7. The van der Waals surface area contributed by atoms with Crippen LogP contribution in [0.4, 0.5) is 0 Å². The van der Waals surface area contributed by atoms with E-state index in [4.69, 9.17) is 18.9 Å². The molecule has 12 atom stereocenters. The molecule has 0 radical (unpaired) electrons. The highest BCUT2D eigenvalue weighted by Gasteiger charge is 2.49. The number of carboxylic acid groups (broad SMARTS) is 2. The Balaban J connectivity index is 1.34. The summed E-state index contributed by atoms with van der Waals surface area (Å²) in [5, 5.41) is 99.4. The van der Waals surface area contributed by atoms with Gasteiger partial charge in [0.2, 0.25) is 12.6 Å². The molecule has 254 valence electrons. The molecule has 2 aliphatic rings.